The Morgan fingerprint density at radius 1 is 1.32 bits per heavy atom. The minimum Gasteiger partial charge on any atom is -0.391 e. The number of carbonyl (C=O) groups is 2. The maximum absolute atomic E-state index is 13.2. The largest absolute Gasteiger partial charge is 0.391 e. The summed E-state index contributed by atoms with van der Waals surface area (Å²) >= 11 is 0. The molecule has 2 amide bonds. The fraction of sp³-hybridized carbons (Fsp3) is 0.667. The highest BCUT2D eigenvalue weighted by atomic mass is 16.3. The van der Waals surface area contributed by atoms with E-state index in [9.17, 15) is 14.7 Å². The molecule has 136 valence electrons. The zero-order valence-electron chi connectivity index (χ0n) is 15.2. The van der Waals surface area contributed by atoms with E-state index < -0.39 is 17.7 Å². The molecule has 0 radical (unpaired) electrons. The van der Waals surface area contributed by atoms with Gasteiger partial charge >= 0.3 is 0 Å². The highest BCUT2D eigenvalue weighted by Gasteiger charge is 2.63. The molecule has 1 aromatic heterocycles. The first-order chi connectivity index (χ1) is 11.8. The lowest BCUT2D eigenvalue weighted by Crippen LogP contribution is -2.74. The Bertz CT molecular complexity index is 664. The molecule has 3 rings (SSSR count). The van der Waals surface area contributed by atoms with Gasteiger partial charge in [-0.1, -0.05) is 13.8 Å². The van der Waals surface area contributed by atoms with Gasteiger partial charge in [-0.15, -0.1) is 0 Å². The fourth-order valence-corrected chi connectivity index (χ4v) is 4.09. The Kier molecular flexibility index (Phi) is 4.53. The van der Waals surface area contributed by atoms with Crippen molar-refractivity contribution in [1.82, 2.24) is 19.8 Å². The summed E-state index contributed by atoms with van der Waals surface area (Å²) in [5.74, 6) is 0.185. The second kappa shape index (κ2) is 6.37. The predicted molar refractivity (Wildman–Crippen MR) is 91.3 cm³/mol. The molecule has 2 fully saturated rings. The average Bonchev–Trinajstić information content (AvgIpc) is 2.93. The standard InChI is InChI=1S/C18H26N4O3/c1-11(2)16(24)22-12(3)6-7-18(22)10-21(17(18)25)14(13(4)23)15-19-8-5-9-20-15/h5,8-9,11-14,23H,6-7,10H2,1-4H3/t12?,13?,14?,18-/m0/s1. The third kappa shape index (κ3) is 2.70. The number of hydrogen-bond acceptors (Lipinski definition) is 5. The molecule has 1 N–H and O–H groups in total. The second-order valence-corrected chi connectivity index (χ2v) is 7.51. The van der Waals surface area contributed by atoms with Gasteiger partial charge in [0, 0.05) is 24.4 Å². The van der Waals surface area contributed by atoms with Crippen LogP contribution in [0.1, 0.15) is 52.4 Å². The van der Waals surface area contributed by atoms with E-state index in [4.69, 9.17) is 0 Å². The van der Waals surface area contributed by atoms with E-state index in [0.29, 0.717) is 18.8 Å². The molecule has 0 saturated carbocycles. The smallest absolute Gasteiger partial charge is 0.251 e. The van der Waals surface area contributed by atoms with Gasteiger partial charge in [0.2, 0.25) is 5.91 Å². The van der Waals surface area contributed by atoms with Crippen molar-refractivity contribution >= 4 is 11.8 Å². The Labute approximate surface area is 148 Å². The first kappa shape index (κ1) is 17.8. The third-order valence-electron chi connectivity index (χ3n) is 5.34. The zero-order chi connectivity index (χ0) is 18.4. The number of aliphatic hydroxyl groups excluding tert-OH is 1. The van der Waals surface area contributed by atoms with Gasteiger partial charge in [-0.05, 0) is 32.8 Å². The summed E-state index contributed by atoms with van der Waals surface area (Å²) in [6.45, 7) is 7.77. The molecule has 7 heteroatoms. The van der Waals surface area contributed by atoms with Crippen LogP contribution in [0.5, 0.6) is 0 Å². The minimum atomic E-state index is -0.795. The maximum Gasteiger partial charge on any atom is 0.251 e. The van der Waals surface area contributed by atoms with Crippen LogP contribution in [0.25, 0.3) is 0 Å². The number of likely N-dealkylation sites (tertiary alicyclic amines) is 2. The van der Waals surface area contributed by atoms with Crippen LogP contribution in [0.3, 0.4) is 0 Å². The van der Waals surface area contributed by atoms with Crippen molar-refractivity contribution in [1.29, 1.82) is 0 Å². The molecule has 3 unspecified atom stereocenters. The van der Waals surface area contributed by atoms with Gasteiger partial charge < -0.3 is 14.9 Å². The van der Waals surface area contributed by atoms with Crippen LogP contribution in [0, 0.1) is 5.92 Å². The molecule has 7 nitrogen and oxygen atoms in total. The number of carbonyl (C=O) groups excluding carboxylic acids is 2. The molecular formula is C18H26N4O3. The van der Waals surface area contributed by atoms with Crippen LogP contribution >= 0.6 is 0 Å². The zero-order valence-corrected chi connectivity index (χ0v) is 15.2. The van der Waals surface area contributed by atoms with Crippen molar-refractivity contribution in [2.24, 2.45) is 5.92 Å². The van der Waals surface area contributed by atoms with Gasteiger partial charge in [-0.3, -0.25) is 9.59 Å². The Morgan fingerprint density at radius 3 is 2.48 bits per heavy atom. The lowest BCUT2D eigenvalue weighted by molar-refractivity contribution is -0.177. The second-order valence-electron chi connectivity index (χ2n) is 7.51. The molecular weight excluding hydrogens is 320 g/mol. The average molecular weight is 346 g/mol. The molecule has 2 aliphatic rings. The van der Waals surface area contributed by atoms with E-state index in [0.717, 1.165) is 6.42 Å². The molecule has 0 aromatic carbocycles. The number of amides is 2. The van der Waals surface area contributed by atoms with Crippen molar-refractivity contribution in [3.63, 3.8) is 0 Å². The summed E-state index contributed by atoms with van der Waals surface area (Å²) < 4.78 is 0. The molecule has 2 saturated heterocycles. The Balaban J connectivity index is 1.87. The van der Waals surface area contributed by atoms with Gasteiger partial charge in [0.15, 0.2) is 5.82 Å². The Morgan fingerprint density at radius 2 is 1.96 bits per heavy atom. The summed E-state index contributed by atoms with van der Waals surface area (Å²) in [6, 6.07) is 1.16. The first-order valence-electron chi connectivity index (χ1n) is 8.89. The van der Waals surface area contributed by atoms with Crippen LogP contribution in [-0.4, -0.2) is 60.9 Å². The van der Waals surface area contributed by atoms with E-state index in [1.807, 2.05) is 20.8 Å². The summed E-state index contributed by atoms with van der Waals surface area (Å²) in [6.07, 6.45) is 3.90. The Hall–Kier alpha value is -2.02. The fourth-order valence-electron chi connectivity index (χ4n) is 4.09. The molecule has 1 spiro atoms. The van der Waals surface area contributed by atoms with E-state index >= 15 is 0 Å². The maximum atomic E-state index is 13.2. The molecule has 3 heterocycles. The summed E-state index contributed by atoms with van der Waals surface area (Å²) in [5.41, 5.74) is -0.761. The van der Waals surface area contributed by atoms with Crippen LogP contribution in [0.15, 0.2) is 18.5 Å². The number of aliphatic hydroxyl groups is 1. The molecule has 25 heavy (non-hydrogen) atoms. The normalized spacial score (nSPS) is 28.4. The summed E-state index contributed by atoms with van der Waals surface area (Å²) in [7, 11) is 0. The van der Waals surface area contributed by atoms with E-state index in [1.165, 1.54) is 0 Å². The third-order valence-corrected chi connectivity index (χ3v) is 5.34. The van der Waals surface area contributed by atoms with E-state index in [2.05, 4.69) is 9.97 Å². The number of nitrogens with zero attached hydrogens (tertiary/aromatic N) is 4. The number of rotatable bonds is 4. The van der Waals surface area contributed by atoms with Gasteiger partial charge in [0.1, 0.15) is 11.6 Å². The topological polar surface area (TPSA) is 86.6 Å². The summed E-state index contributed by atoms with van der Waals surface area (Å²) in [5, 5.41) is 10.2. The van der Waals surface area contributed by atoms with E-state index in [-0.39, 0.29) is 23.8 Å². The molecule has 0 aliphatic carbocycles. The van der Waals surface area contributed by atoms with Crippen LogP contribution in [-0.2, 0) is 9.59 Å². The quantitative estimate of drug-likeness (QED) is 0.827. The van der Waals surface area contributed by atoms with E-state index in [1.54, 1.807) is 35.2 Å². The van der Waals surface area contributed by atoms with Crippen LogP contribution in [0.4, 0.5) is 0 Å². The van der Waals surface area contributed by atoms with Gasteiger partial charge in [-0.25, -0.2) is 9.97 Å². The molecule has 4 atom stereocenters. The highest BCUT2D eigenvalue weighted by Crippen LogP contribution is 2.46. The van der Waals surface area contributed by atoms with Crippen molar-refractivity contribution in [3.05, 3.63) is 24.3 Å². The van der Waals surface area contributed by atoms with Crippen molar-refractivity contribution in [2.75, 3.05) is 6.54 Å². The van der Waals surface area contributed by atoms with Crippen molar-refractivity contribution < 1.29 is 14.7 Å². The van der Waals surface area contributed by atoms with Crippen LogP contribution < -0.4 is 0 Å². The number of aromatic nitrogens is 2. The lowest BCUT2D eigenvalue weighted by Gasteiger charge is -2.54. The minimum absolute atomic E-state index is 0.0163. The summed E-state index contributed by atoms with van der Waals surface area (Å²) in [4.78, 5) is 37.6. The number of β-lactam (4-membered cyclic amide) rings is 1. The van der Waals surface area contributed by atoms with Crippen molar-refractivity contribution in [2.45, 2.75) is 64.3 Å². The van der Waals surface area contributed by atoms with Crippen LogP contribution in [0.2, 0.25) is 0 Å². The first-order valence-corrected chi connectivity index (χ1v) is 8.89. The van der Waals surface area contributed by atoms with Gasteiger partial charge in [-0.2, -0.15) is 0 Å². The SMILES string of the molecule is CC(C)C(=O)N1C(C)CC[C@@]12CN(C(c1ncccn1)C(C)O)C2=O. The molecule has 0 bridgehead atoms. The predicted octanol–water partition coefficient (Wildman–Crippen LogP) is 1.15. The highest BCUT2D eigenvalue weighted by molar-refractivity contribution is 5.98. The monoisotopic (exact) mass is 346 g/mol. The molecule has 2 aliphatic heterocycles. The number of hydrogen-bond donors (Lipinski definition) is 1. The van der Waals surface area contributed by atoms with Gasteiger partial charge in [0.25, 0.3) is 5.91 Å². The van der Waals surface area contributed by atoms with Gasteiger partial charge in [0.05, 0.1) is 12.6 Å². The van der Waals surface area contributed by atoms with Crippen molar-refractivity contribution in [3.8, 4) is 0 Å². The lowest BCUT2D eigenvalue weighted by atomic mass is 9.82. The molecule has 1 aromatic rings.